The van der Waals surface area contributed by atoms with Crippen LogP contribution in [0.25, 0.3) is 10.8 Å². The van der Waals surface area contributed by atoms with Crippen LogP contribution in [0.15, 0.2) is 42.5 Å². The monoisotopic (exact) mass is 461 g/mol. The van der Waals surface area contributed by atoms with E-state index in [1.54, 1.807) is 0 Å². The van der Waals surface area contributed by atoms with Crippen molar-refractivity contribution in [3.8, 4) is 0 Å². The Kier molecular flexibility index (Phi) is 6.21. The van der Waals surface area contributed by atoms with Crippen molar-refractivity contribution in [2.45, 2.75) is 58.0 Å². The maximum Gasteiger partial charge on any atom is 0.251 e. The molecule has 1 fully saturated rings. The average Bonchev–Trinajstić information content (AvgIpc) is 3.57. The number of thiophene rings is 1. The van der Waals surface area contributed by atoms with Crippen LogP contribution in [0.3, 0.4) is 0 Å². The van der Waals surface area contributed by atoms with Crippen LogP contribution >= 0.6 is 11.3 Å². The highest BCUT2D eigenvalue weighted by atomic mass is 32.1. The zero-order valence-corrected chi connectivity index (χ0v) is 19.9. The second kappa shape index (κ2) is 9.27. The van der Waals surface area contributed by atoms with E-state index in [0.29, 0.717) is 35.5 Å². The Labute approximate surface area is 199 Å². The third-order valence-electron chi connectivity index (χ3n) is 6.95. The van der Waals surface area contributed by atoms with E-state index >= 15 is 0 Å². The zero-order valence-electron chi connectivity index (χ0n) is 19.1. The van der Waals surface area contributed by atoms with Gasteiger partial charge in [-0.05, 0) is 59.9 Å². The van der Waals surface area contributed by atoms with E-state index in [1.165, 1.54) is 45.4 Å². The predicted octanol–water partition coefficient (Wildman–Crippen LogP) is 5.12. The number of amides is 2. The summed E-state index contributed by atoms with van der Waals surface area (Å²) in [6.45, 7) is 3.78. The highest BCUT2D eigenvalue weighted by Gasteiger charge is 2.30. The van der Waals surface area contributed by atoms with E-state index < -0.39 is 5.91 Å². The number of anilines is 1. The summed E-state index contributed by atoms with van der Waals surface area (Å²) in [5.74, 6) is 0.113. The van der Waals surface area contributed by atoms with Gasteiger partial charge in [0.05, 0.1) is 5.56 Å². The Morgan fingerprint density at radius 3 is 2.70 bits per heavy atom. The molecule has 1 unspecified atom stereocenters. The Morgan fingerprint density at radius 1 is 1.12 bits per heavy atom. The SMILES string of the molecule is CC1CCc2c(sc(NC(=O)CCN(Cc3cccc4ccccc34)C3CC3)c2C(N)=O)C1. The fourth-order valence-electron chi connectivity index (χ4n) is 5.01. The maximum absolute atomic E-state index is 12.9. The quantitative estimate of drug-likeness (QED) is 0.489. The fraction of sp³-hybridized carbons (Fsp3) is 0.407. The molecule has 1 saturated carbocycles. The van der Waals surface area contributed by atoms with Crippen LogP contribution in [0, 0.1) is 5.92 Å². The molecule has 1 aromatic heterocycles. The minimum absolute atomic E-state index is 0.0484. The number of rotatable bonds is 8. The van der Waals surface area contributed by atoms with Crippen molar-refractivity contribution >= 4 is 38.9 Å². The van der Waals surface area contributed by atoms with Crippen molar-refractivity contribution in [2.24, 2.45) is 11.7 Å². The van der Waals surface area contributed by atoms with E-state index in [1.807, 2.05) is 0 Å². The molecule has 0 bridgehead atoms. The summed E-state index contributed by atoms with van der Waals surface area (Å²) in [4.78, 5) is 28.7. The van der Waals surface area contributed by atoms with Crippen LogP contribution < -0.4 is 11.1 Å². The van der Waals surface area contributed by atoms with Crippen molar-refractivity contribution in [1.29, 1.82) is 0 Å². The van der Waals surface area contributed by atoms with Crippen LogP contribution in [0.1, 0.15) is 59.0 Å². The van der Waals surface area contributed by atoms with Gasteiger partial charge >= 0.3 is 0 Å². The molecule has 1 atom stereocenters. The second-order valence-electron chi connectivity index (χ2n) is 9.56. The van der Waals surface area contributed by atoms with E-state index in [0.717, 1.165) is 31.4 Å². The number of benzene rings is 2. The molecule has 3 N–H and O–H groups in total. The minimum Gasteiger partial charge on any atom is -0.365 e. The Bertz CT molecular complexity index is 1190. The Hall–Kier alpha value is -2.70. The van der Waals surface area contributed by atoms with Gasteiger partial charge in [0.15, 0.2) is 0 Å². The number of fused-ring (bicyclic) bond motifs is 2. The second-order valence-corrected chi connectivity index (χ2v) is 10.7. The van der Waals surface area contributed by atoms with Gasteiger partial charge in [-0.25, -0.2) is 0 Å². The lowest BCUT2D eigenvalue weighted by Gasteiger charge is -2.22. The summed E-state index contributed by atoms with van der Waals surface area (Å²) in [6, 6.07) is 15.5. The molecule has 0 spiro atoms. The molecule has 2 amide bonds. The lowest BCUT2D eigenvalue weighted by molar-refractivity contribution is -0.116. The third kappa shape index (κ3) is 4.82. The van der Waals surface area contributed by atoms with Crippen molar-refractivity contribution < 1.29 is 9.59 Å². The topological polar surface area (TPSA) is 75.4 Å². The summed E-state index contributed by atoms with van der Waals surface area (Å²) < 4.78 is 0. The fourth-order valence-corrected chi connectivity index (χ4v) is 6.45. The third-order valence-corrected chi connectivity index (χ3v) is 8.12. The molecule has 0 saturated heterocycles. The first kappa shape index (κ1) is 22.1. The standard InChI is InChI=1S/C27H31N3O2S/c1-17-9-12-22-23(15-17)33-27(25(22)26(28)32)29-24(31)13-14-30(20-10-11-20)16-19-7-4-6-18-5-2-3-8-21(18)19/h2-8,17,20H,9-16H2,1H3,(H2,28,32)(H,29,31). The summed E-state index contributed by atoms with van der Waals surface area (Å²) in [5.41, 5.74) is 8.59. The van der Waals surface area contributed by atoms with E-state index in [9.17, 15) is 9.59 Å². The van der Waals surface area contributed by atoms with Gasteiger partial charge in [-0.2, -0.15) is 0 Å². The highest BCUT2D eigenvalue weighted by molar-refractivity contribution is 7.17. The lowest BCUT2D eigenvalue weighted by atomic mass is 9.88. The van der Waals surface area contributed by atoms with Crippen LogP contribution in [-0.2, 0) is 24.2 Å². The summed E-state index contributed by atoms with van der Waals surface area (Å²) in [7, 11) is 0. The Balaban J connectivity index is 1.27. The van der Waals surface area contributed by atoms with E-state index in [4.69, 9.17) is 5.73 Å². The van der Waals surface area contributed by atoms with Gasteiger partial charge in [-0.3, -0.25) is 14.5 Å². The average molecular weight is 462 g/mol. The molecular weight excluding hydrogens is 430 g/mol. The minimum atomic E-state index is -0.437. The van der Waals surface area contributed by atoms with Crippen LogP contribution in [0.2, 0.25) is 0 Å². The lowest BCUT2D eigenvalue weighted by Crippen LogP contribution is -2.29. The van der Waals surface area contributed by atoms with E-state index in [-0.39, 0.29) is 5.91 Å². The summed E-state index contributed by atoms with van der Waals surface area (Å²) in [5, 5.41) is 6.19. The Morgan fingerprint density at radius 2 is 1.91 bits per heavy atom. The van der Waals surface area contributed by atoms with Crippen molar-refractivity contribution in [1.82, 2.24) is 4.90 Å². The number of hydrogen-bond acceptors (Lipinski definition) is 4. The van der Waals surface area contributed by atoms with Crippen LogP contribution in [0.4, 0.5) is 5.00 Å². The number of nitrogens with two attached hydrogens (primary N) is 1. The van der Waals surface area contributed by atoms with Gasteiger partial charge in [0.1, 0.15) is 5.00 Å². The molecule has 5 rings (SSSR count). The highest BCUT2D eigenvalue weighted by Crippen LogP contribution is 2.39. The number of hydrogen-bond donors (Lipinski definition) is 2. The molecule has 172 valence electrons. The van der Waals surface area contributed by atoms with Gasteiger partial charge in [-0.1, -0.05) is 49.4 Å². The van der Waals surface area contributed by atoms with Gasteiger partial charge < -0.3 is 11.1 Å². The number of primary amides is 1. The molecule has 2 aromatic carbocycles. The van der Waals surface area contributed by atoms with Gasteiger partial charge in [0.2, 0.25) is 5.91 Å². The van der Waals surface area contributed by atoms with Crippen LogP contribution in [0.5, 0.6) is 0 Å². The van der Waals surface area contributed by atoms with Crippen molar-refractivity contribution in [3.63, 3.8) is 0 Å². The molecule has 1 heterocycles. The number of carbonyl (C=O) groups excluding carboxylic acids is 2. The van der Waals surface area contributed by atoms with Gasteiger partial charge in [0.25, 0.3) is 5.91 Å². The van der Waals surface area contributed by atoms with Crippen LogP contribution in [-0.4, -0.2) is 29.3 Å². The molecular formula is C27H31N3O2S. The van der Waals surface area contributed by atoms with Crippen molar-refractivity contribution in [2.75, 3.05) is 11.9 Å². The molecule has 2 aliphatic carbocycles. The number of nitrogens with one attached hydrogen (secondary N) is 1. The first-order valence-corrected chi connectivity index (χ1v) is 12.8. The predicted molar refractivity (Wildman–Crippen MR) is 135 cm³/mol. The van der Waals surface area contributed by atoms with Gasteiger partial charge in [0, 0.05) is 30.4 Å². The summed E-state index contributed by atoms with van der Waals surface area (Å²) >= 11 is 1.53. The van der Waals surface area contributed by atoms with Gasteiger partial charge in [-0.15, -0.1) is 11.3 Å². The summed E-state index contributed by atoms with van der Waals surface area (Å²) in [6.07, 6.45) is 5.65. The normalized spacial score (nSPS) is 17.8. The van der Waals surface area contributed by atoms with E-state index in [2.05, 4.69) is 59.6 Å². The molecule has 0 radical (unpaired) electrons. The molecule has 3 aromatic rings. The maximum atomic E-state index is 12.9. The number of carbonyl (C=O) groups is 2. The molecule has 33 heavy (non-hydrogen) atoms. The first-order valence-electron chi connectivity index (χ1n) is 11.9. The smallest absolute Gasteiger partial charge is 0.251 e. The molecule has 0 aliphatic heterocycles. The first-order chi connectivity index (χ1) is 16.0. The number of nitrogens with zero attached hydrogens (tertiary/aromatic N) is 1. The van der Waals surface area contributed by atoms with Crippen molar-refractivity contribution in [3.05, 3.63) is 64.0 Å². The largest absolute Gasteiger partial charge is 0.365 e. The molecule has 2 aliphatic rings. The molecule has 5 nitrogen and oxygen atoms in total. The zero-order chi connectivity index (χ0) is 22.9. The molecule has 6 heteroatoms.